The molecule has 1 aromatic carbocycles. The summed E-state index contributed by atoms with van der Waals surface area (Å²) < 4.78 is 0. The van der Waals surface area contributed by atoms with E-state index in [2.05, 4.69) is 25.6 Å². The number of pyridine rings is 1. The third-order valence-electron chi connectivity index (χ3n) is 3.36. The van der Waals surface area contributed by atoms with Crippen LogP contribution in [0.4, 0.5) is 17.5 Å². The van der Waals surface area contributed by atoms with Gasteiger partial charge in [-0.25, -0.2) is 4.98 Å². The first-order chi connectivity index (χ1) is 12.3. The van der Waals surface area contributed by atoms with Crippen LogP contribution in [0.2, 0.25) is 10.0 Å². The van der Waals surface area contributed by atoms with Crippen LogP contribution in [0.5, 0.6) is 0 Å². The molecule has 0 unspecified atom stereocenters. The molecule has 3 rings (SSSR count). The molecule has 0 saturated heterocycles. The highest BCUT2D eigenvalue weighted by Crippen LogP contribution is 2.30. The molecule has 0 fully saturated rings. The molecule has 5 nitrogen and oxygen atoms in total. The molecule has 0 saturated carbocycles. The molecule has 0 radical (unpaired) electrons. The van der Waals surface area contributed by atoms with Crippen molar-refractivity contribution in [3.05, 3.63) is 58.8 Å². The standard InChI is InChI=1S/C19H19Cl2N5/c1-19(2,3)26-18-24-15(12-5-4-8-22-11-12)10-17(25-18)23-16-9-13(20)6-7-14(16)21/h4-11H,1-3H3,(H2,23,24,25,26). The summed E-state index contributed by atoms with van der Waals surface area (Å²) in [5, 5.41) is 7.67. The van der Waals surface area contributed by atoms with Crippen LogP contribution in [0.15, 0.2) is 48.8 Å². The van der Waals surface area contributed by atoms with E-state index < -0.39 is 0 Å². The zero-order valence-corrected chi connectivity index (χ0v) is 16.2. The van der Waals surface area contributed by atoms with Crippen molar-refractivity contribution >= 4 is 40.7 Å². The summed E-state index contributed by atoms with van der Waals surface area (Å²) in [5.74, 6) is 1.12. The maximum absolute atomic E-state index is 6.26. The Balaban J connectivity index is 2.03. The van der Waals surface area contributed by atoms with E-state index >= 15 is 0 Å². The van der Waals surface area contributed by atoms with Crippen LogP contribution < -0.4 is 10.6 Å². The van der Waals surface area contributed by atoms with Gasteiger partial charge in [0.25, 0.3) is 0 Å². The smallest absolute Gasteiger partial charge is 0.225 e. The second kappa shape index (κ2) is 7.48. The van der Waals surface area contributed by atoms with Crippen LogP contribution in [0.1, 0.15) is 20.8 Å². The fourth-order valence-electron chi connectivity index (χ4n) is 2.30. The average Bonchev–Trinajstić information content (AvgIpc) is 2.57. The summed E-state index contributed by atoms with van der Waals surface area (Å²) in [6.45, 7) is 6.15. The lowest BCUT2D eigenvalue weighted by Crippen LogP contribution is -2.27. The van der Waals surface area contributed by atoms with E-state index in [4.69, 9.17) is 23.2 Å². The van der Waals surface area contributed by atoms with Gasteiger partial charge >= 0.3 is 0 Å². The summed E-state index contributed by atoms with van der Waals surface area (Å²) in [5.41, 5.74) is 2.14. The van der Waals surface area contributed by atoms with Crippen LogP contribution in [-0.4, -0.2) is 20.5 Å². The lowest BCUT2D eigenvalue weighted by molar-refractivity contribution is 0.626. The molecule has 0 bridgehead atoms. The van der Waals surface area contributed by atoms with Gasteiger partial charge in [0.1, 0.15) is 5.82 Å². The van der Waals surface area contributed by atoms with E-state index in [1.54, 1.807) is 30.6 Å². The molecule has 0 aliphatic rings. The highest BCUT2D eigenvalue weighted by Gasteiger charge is 2.14. The highest BCUT2D eigenvalue weighted by atomic mass is 35.5. The molecule has 26 heavy (non-hydrogen) atoms. The van der Waals surface area contributed by atoms with Crippen molar-refractivity contribution in [3.8, 4) is 11.3 Å². The third kappa shape index (κ3) is 4.84. The van der Waals surface area contributed by atoms with E-state index in [0.29, 0.717) is 27.5 Å². The molecule has 2 N–H and O–H groups in total. The van der Waals surface area contributed by atoms with E-state index in [-0.39, 0.29) is 5.54 Å². The Morgan fingerprint density at radius 3 is 2.50 bits per heavy atom. The molecule has 7 heteroatoms. The molecule has 2 heterocycles. The molecule has 3 aromatic rings. The first-order valence-electron chi connectivity index (χ1n) is 8.10. The van der Waals surface area contributed by atoms with Gasteiger partial charge < -0.3 is 10.6 Å². The van der Waals surface area contributed by atoms with Gasteiger partial charge in [-0.1, -0.05) is 23.2 Å². The van der Waals surface area contributed by atoms with Gasteiger partial charge in [-0.2, -0.15) is 4.98 Å². The van der Waals surface area contributed by atoms with Crippen molar-refractivity contribution in [2.24, 2.45) is 0 Å². The molecule has 0 spiro atoms. The first-order valence-corrected chi connectivity index (χ1v) is 8.85. The lowest BCUT2D eigenvalue weighted by atomic mass is 10.1. The van der Waals surface area contributed by atoms with Gasteiger partial charge in [0.05, 0.1) is 16.4 Å². The Morgan fingerprint density at radius 1 is 1.00 bits per heavy atom. The molecule has 0 aliphatic carbocycles. The molecule has 0 atom stereocenters. The number of nitrogens with one attached hydrogen (secondary N) is 2. The Bertz CT molecular complexity index is 908. The zero-order valence-electron chi connectivity index (χ0n) is 14.7. The summed E-state index contributed by atoms with van der Waals surface area (Å²) >= 11 is 12.3. The monoisotopic (exact) mass is 387 g/mol. The third-order valence-corrected chi connectivity index (χ3v) is 3.93. The minimum Gasteiger partial charge on any atom is -0.350 e. The number of anilines is 3. The van der Waals surface area contributed by atoms with E-state index in [9.17, 15) is 0 Å². The van der Waals surface area contributed by atoms with Crippen molar-refractivity contribution in [3.63, 3.8) is 0 Å². The summed E-state index contributed by atoms with van der Waals surface area (Å²) in [6, 6.07) is 10.9. The number of halogens is 2. The molecular formula is C19H19Cl2N5. The molecule has 2 aromatic heterocycles. The predicted molar refractivity (Wildman–Crippen MR) is 108 cm³/mol. The predicted octanol–water partition coefficient (Wildman–Crippen LogP) is 5.80. The number of rotatable bonds is 4. The number of aromatic nitrogens is 3. The van der Waals surface area contributed by atoms with E-state index in [1.165, 1.54) is 0 Å². The molecular weight excluding hydrogens is 369 g/mol. The van der Waals surface area contributed by atoms with Crippen molar-refractivity contribution in [1.29, 1.82) is 0 Å². The summed E-state index contributed by atoms with van der Waals surface area (Å²) in [6.07, 6.45) is 3.49. The van der Waals surface area contributed by atoms with Gasteiger partial charge in [0, 0.05) is 34.6 Å². The van der Waals surface area contributed by atoms with Crippen LogP contribution in [0.3, 0.4) is 0 Å². The fourth-order valence-corrected chi connectivity index (χ4v) is 2.63. The van der Waals surface area contributed by atoms with E-state index in [1.807, 2.05) is 39.0 Å². The van der Waals surface area contributed by atoms with Gasteiger partial charge in [-0.15, -0.1) is 0 Å². The van der Waals surface area contributed by atoms with Crippen molar-refractivity contribution in [2.45, 2.75) is 26.3 Å². The largest absolute Gasteiger partial charge is 0.350 e. The molecule has 134 valence electrons. The van der Waals surface area contributed by atoms with Crippen LogP contribution in [0, 0.1) is 0 Å². The number of hydrogen-bond acceptors (Lipinski definition) is 5. The number of benzene rings is 1. The van der Waals surface area contributed by atoms with Crippen LogP contribution >= 0.6 is 23.2 Å². The van der Waals surface area contributed by atoms with Crippen LogP contribution in [0.25, 0.3) is 11.3 Å². The van der Waals surface area contributed by atoms with Gasteiger partial charge in [0.15, 0.2) is 0 Å². The summed E-state index contributed by atoms with van der Waals surface area (Å²) in [4.78, 5) is 13.3. The highest BCUT2D eigenvalue weighted by molar-refractivity contribution is 6.35. The topological polar surface area (TPSA) is 62.7 Å². The lowest BCUT2D eigenvalue weighted by Gasteiger charge is -2.21. The molecule has 0 amide bonds. The number of nitrogens with zero attached hydrogens (tertiary/aromatic N) is 3. The van der Waals surface area contributed by atoms with Gasteiger partial charge in [0.2, 0.25) is 5.95 Å². The maximum Gasteiger partial charge on any atom is 0.225 e. The Kier molecular flexibility index (Phi) is 5.30. The fraction of sp³-hybridized carbons (Fsp3) is 0.211. The van der Waals surface area contributed by atoms with Crippen molar-refractivity contribution in [2.75, 3.05) is 10.6 Å². The van der Waals surface area contributed by atoms with E-state index in [0.717, 1.165) is 11.3 Å². The van der Waals surface area contributed by atoms with Gasteiger partial charge in [-0.3, -0.25) is 4.98 Å². The van der Waals surface area contributed by atoms with Crippen molar-refractivity contribution in [1.82, 2.24) is 15.0 Å². The zero-order chi connectivity index (χ0) is 18.7. The molecule has 0 aliphatic heterocycles. The minimum absolute atomic E-state index is 0.182. The Morgan fingerprint density at radius 2 is 1.81 bits per heavy atom. The van der Waals surface area contributed by atoms with Gasteiger partial charge in [-0.05, 0) is 51.1 Å². The SMILES string of the molecule is CC(C)(C)Nc1nc(Nc2cc(Cl)ccc2Cl)cc(-c2cccnc2)n1. The first kappa shape index (κ1) is 18.4. The average molecular weight is 388 g/mol. The quantitative estimate of drug-likeness (QED) is 0.592. The Hall–Kier alpha value is -2.37. The van der Waals surface area contributed by atoms with Crippen LogP contribution in [-0.2, 0) is 0 Å². The Labute approximate surface area is 162 Å². The normalized spacial score (nSPS) is 11.3. The van der Waals surface area contributed by atoms with Crippen molar-refractivity contribution < 1.29 is 0 Å². The minimum atomic E-state index is -0.182. The summed E-state index contributed by atoms with van der Waals surface area (Å²) in [7, 11) is 0. The maximum atomic E-state index is 6.26. The second-order valence-corrected chi connectivity index (χ2v) is 7.67. The number of hydrogen-bond donors (Lipinski definition) is 2. The second-order valence-electron chi connectivity index (χ2n) is 6.83.